The summed E-state index contributed by atoms with van der Waals surface area (Å²) in [4.78, 5) is 0. The fourth-order valence-electron chi connectivity index (χ4n) is 0.241. The first-order chi connectivity index (χ1) is 4.54. The molecule has 0 aromatic carbocycles. The number of allylic oxidation sites excluding steroid dienone is 1. The predicted octanol–water partition coefficient (Wildman–Crippen LogP) is 2.32. The largest absolute Gasteiger partial charge is 0.379 e. The molecule has 0 rings (SSSR count). The van der Waals surface area contributed by atoms with Crippen LogP contribution in [0.3, 0.4) is 0 Å². The molecule has 0 aliphatic carbocycles. The van der Waals surface area contributed by atoms with Crippen LogP contribution in [0.4, 0.5) is 0 Å². The summed E-state index contributed by atoms with van der Waals surface area (Å²) in [5, 5.41) is 7.99. The maximum Gasteiger partial charge on any atom is 0.151 e. The minimum absolute atomic E-state index is 0.0519. The molecule has 5 heteroatoms. The van der Waals surface area contributed by atoms with Crippen LogP contribution in [0.1, 0.15) is 6.92 Å². The Morgan fingerprint density at radius 2 is 2.10 bits per heavy atom. The van der Waals surface area contributed by atoms with E-state index >= 15 is 0 Å². The van der Waals surface area contributed by atoms with Gasteiger partial charge in [0.15, 0.2) is 5.17 Å². The van der Waals surface area contributed by atoms with E-state index in [9.17, 15) is 0 Å². The molecule has 0 saturated carbocycles. The van der Waals surface area contributed by atoms with Gasteiger partial charge >= 0.3 is 0 Å². The molecule has 0 unspecified atom stereocenters. The van der Waals surface area contributed by atoms with Gasteiger partial charge in [-0.15, -0.1) is 0 Å². The lowest BCUT2D eigenvalue weighted by molar-refractivity contribution is 1.50. The van der Waals surface area contributed by atoms with Crippen LogP contribution >= 0.6 is 35.0 Å². The summed E-state index contributed by atoms with van der Waals surface area (Å²) in [6, 6.07) is 0. The Bertz CT molecular complexity index is 163. The number of hydrogen-bond donors (Lipinski definition) is 2. The van der Waals surface area contributed by atoms with Gasteiger partial charge in [-0.1, -0.05) is 35.0 Å². The molecule has 0 heterocycles. The first-order valence-electron chi connectivity index (χ1n) is 2.51. The summed E-state index contributed by atoms with van der Waals surface area (Å²) in [7, 11) is 0. The Hall–Kier alpha value is 0.140. The van der Waals surface area contributed by atoms with Crippen molar-refractivity contribution in [3.63, 3.8) is 0 Å². The van der Waals surface area contributed by atoms with Gasteiger partial charge in [0, 0.05) is 15.8 Å². The van der Waals surface area contributed by atoms with Crippen LogP contribution in [0.5, 0.6) is 0 Å². The topological polar surface area (TPSA) is 49.9 Å². The van der Waals surface area contributed by atoms with Gasteiger partial charge in [-0.25, -0.2) is 0 Å². The molecule has 10 heavy (non-hydrogen) atoms. The molecule has 0 spiro atoms. The smallest absolute Gasteiger partial charge is 0.151 e. The van der Waals surface area contributed by atoms with E-state index in [-0.39, 0.29) is 5.17 Å². The highest BCUT2D eigenvalue weighted by molar-refractivity contribution is 8.13. The molecule has 0 bridgehead atoms. The number of halogens is 2. The fraction of sp³-hybridized carbons (Fsp3) is 0.400. The Morgan fingerprint density at radius 1 is 1.60 bits per heavy atom. The van der Waals surface area contributed by atoms with E-state index in [1.807, 2.05) is 0 Å². The number of thioether (sulfide) groups is 1. The Labute approximate surface area is 74.3 Å². The second-order valence-corrected chi connectivity index (χ2v) is 3.63. The number of hydrogen-bond acceptors (Lipinski definition) is 2. The number of amidine groups is 1. The van der Waals surface area contributed by atoms with Crippen molar-refractivity contribution in [2.24, 2.45) is 5.73 Å². The van der Waals surface area contributed by atoms with Gasteiger partial charge in [-0.05, 0) is 6.92 Å². The van der Waals surface area contributed by atoms with E-state index in [1.54, 1.807) is 6.92 Å². The molecule has 2 nitrogen and oxygen atoms in total. The van der Waals surface area contributed by atoms with Gasteiger partial charge in [0.05, 0.1) is 0 Å². The van der Waals surface area contributed by atoms with Crippen LogP contribution in [-0.4, -0.2) is 10.9 Å². The average molecular weight is 199 g/mol. The quantitative estimate of drug-likeness (QED) is 0.529. The third kappa shape index (κ3) is 4.97. The van der Waals surface area contributed by atoms with E-state index in [4.69, 9.17) is 34.3 Å². The van der Waals surface area contributed by atoms with Gasteiger partial charge in [-0.2, -0.15) is 0 Å². The third-order valence-electron chi connectivity index (χ3n) is 0.728. The summed E-state index contributed by atoms with van der Waals surface area (Å²) in [6.45, 7) is 1.70. The van der Waals surface area contributed by atoms with Crippen molar-refractivity contribution in [1.82, 2.24) is 0 Å². The van der Waals surface area contributed by atoms with Crippen molar-refractivity contribution >= 4 is 40.1 Å². The summed E-state index contributed by atoms with van der Waals surface area (Å²) in [5.41, 5.74) is 5.06. The van der Waals surface area contributed by atoms with Gasteiger partial charge in [0.1, 0.15) is 0 Å². The molecule has 0 aliphatic heterocycles. The summed E-state index contributed by atoms with van der Waals surface area (Å²) in [6.07, 6.45) is 0. The van der Waals surface area contributed by atoms with E-state index in [2.05, 4.69) is 0 Å². The van der Waals surface area contributed by atoms with Crippen LogP contribution in [0.25, 0.3) is 0 Å². The highest BCUT2D eigenvalue weighted by Crippen LogP contribution is 2.17. The maximum atomic E-state index is 6.85. The Kier molecular flexibility index (Phi) is 4.95. The molecule has 0 fully saturated rings. The first kappa shape index (κ1) is 10.1. The first-order valence-corrected chi connectivity index (χ1v) is 4.25. The summed E-state index contributed by atoms with van der Waals surface area (Å²) >= 11 is 12.3. The van der Waals surface area contributed by atoms with Gasteiger partial charge in [0.25, 0.3) is 0 Å². The van der Waals surface area contributed by atoms with E-state index < -0.39 is 0 Å². The monoisotopic (exact) mass is 198 g/mol. The molecule has 0 atom stereocenters. The highest BCUT2D eigenvalue weighted by atomic mass is 35.5. The molecule has 0 radical (unpaired) electrons. The Morgan fingerprint density at radius 3 is 2.40 bits per heavy atom. The lowest BCUT2D eigenvalue weighted by Gasteiger charge is -1.97. The minimum atomic E-state index is 0.0519. The zero-order chi connectivity index (χ0) is 8.15. The van der Waals surface area contributed by atoms with Crippen molar-refractivity contribution < 1.29 is 0 Å². The SMILES string of the molecule is C/C(Cl)=C(\Cl)CSC(=N)N. The molecule has 3 N–H and O–H groups in total. The van der Waals surface area contributed by atoms with Crippen molar-refractivity contribution in [1.29, 1.82) is 5.41 Å². The average Bonchev–Trinajstić information content (AvgIpc) is 1.82. The van der Waals surface area contributed by atoms with Crippen LogP contribution < -0.4 is 5.73 Å². The van der Waals surface area contributed by atoms with E-state index in [0.29, 0.717) is 15.8 Å². The molecule has 0 aromatic rings. The fourth-order valence-corrected chi connectivity index (χ4v) is 1.05. The van der Waals surface area contributed by atoms with E-state index in [1.165, 1.54) is 0 Å². The van der Waals surface area contributed by atoms with Crippen molar-refractivity contribution in [2.45, 2.75) is 6.92 Å². The highest BCUT2D eigenvalue weighted by Gasteiger charge is 1.97. The Balaban J connectivity index is 3.71. The van der Waals surface area contributed by atoms with Crippen molar-refractivity contribution in [3.8, 4) is 0 Å². The molecule has 58 valence electrons. The van der Waals surface area contributed by atoms with Gasteiger partial charge < -0.3 is 5.73 Å². The molecule has 0 aliphatic rings. The summed E-state index contributed by atoms with van der Waals surface area (Å²) in [5.74, 6) is 0.478. The zero-order valence-electron chi connectivity index (χ0n) is 5.45. The normalized spacial score (nSPS) is 12.7. The molecule has 0 aromatic heterocycles. The standard InChI is InChI=1S/C5H8Cl2N2S/c1-3(6)4(7)2-10-5(8)9/h2H2,1H3,(H3,8,9)/b4-3+. The van der Waals surface area contributed by atoms with Gasteiger partial charge in [0.2, 0.25) is 0 Å². The predicted molar refractivity (Wildman–Crippen MR) is 48.8 cm³/mol. The number of nitrogens with two attached hydrogens (primary N) is 1. The second-order valence-electron chi connectivity index (χ2n) is 1.59. The van der Waals surface area contributed by atoms with Crippen molar-refractivity contribution in [2.75, 3.05) is 5.75 Å². The van der Waals surface area contributed by atoms with E-state index in [0.717, 1.165) is 11.8 Å². The number of rotatable bonds is 2. The summed E-state index contributed by atoms with van der Waals surface area (Å²) < 4.78 is 0. The van der Waals surface area contributed by atoms with Crippen LogP contribution in [0, 0.1) is 5.41 Å². The number of nitrogens with one attached hydrogen (secondary N) is 1. The molecular formula is C5H8Cl2N2S. The van der Waals surface area contributed by atoms with Gasteiger partial charge in [-0.3, -0.25) is 5.41 Å². The third-order valence-corrected chi connectivity index (χ3v) is 2.37. The molecule has 0 amide bonds. The van der Waals surface area contributed by atoms with Crippen LogP contribution in [0.15, 0.2) is 10.1 Å². The lowest BCUT2D eigenvalue weighted by atomic mass is 10.6. The molecule has 0 saturated heterocycles. The lowest BCUT2D eigenvalue weighted by Crippen LogP contribution is -2.04. The zero-order valence-corrected chi connectivity index (χ0v) is 7.78. The maximum absolute atomic E-state index is 6.85. The second kappa shape index (κ2) is 4.88. The van der Waals surface area contributed by atoms with Crippen LogP contribution in [0.2, 0.25) is 0 Å². The van der Waals surface area contributed by atoms with Crippen LogP contribution in [-0.2, 0) is 0 Å². The minimum Gasteiger partial charge on any atom is -0.379 e. The molecular weight excluding hydrogens is 191 g/mol. The van der Waals surface area contributed by atoms with Crippen molar-refractivity contribution in [3.05, 3.63) is 10.1 Å².